The molecular weight excluding hydrogens is 695 g/mol. The Morgan fingerprint density at radius 1 is 0.357 bits per heavy atom. The van der Waals surface area contributed by atoms with Crippen LogP contribution in [0.5, 0.6) is 0 Å². The van der Waals surface area contributed by atoms with Gasteiger partial charge >= 0.3 is 0 Å². The number of thiophene rings is 1. The fourth-order valence-corrected chi connectivity index (χ4v) is 11.2. The van der Waals surface area contributed by atoms with Crippen molar-refractivity contribution in [1.82, 2.24) is 4.98 Å². The Bertz CT molecular complexity index is 3120. The number of aromatic nitrogens is 1. The van der Waals surface area contributed by atoms with Crippen LogP contribution in [0.25, 0.3) is 87.1 Å². The molecule has 0 saturated heterocycles. The largest absolute Gasteiger partial charge is 0.255 e. The zero-order valence-corrected chi connectivity index (χ0v) is 31.2. The second-order valence-corrected chi connectivity index (χ2v) is 16.0. The second kappa shape index (κ2) is 12.1. The topological polar surface area (TPSA) is 12.9 Å². The molecule has 2 aliphatic carbocycles. The van der Waals surface area contributed by atoms with E-state index in [0.29, 0.717) is 0 Å². The van der Waals surface area contributed by atoms with E-state index in [4.69, 9.17) is 4.98 Å². The monoisotopic (exact) mass is 727 g/mol. The Balaban J connectivity index is 1.14. The van der Waals surface area contributed by atoms with Crippen LogP contribution < -0.4 is 0 Å². The predicted molar refractivity (Wildman–Crippen MR) is 235 cm³/mol. The molecule has 0 saturated carbocycles. The van der Waals surface area contributed by atoms with Gasteiger partial charge < -0.3 is 0 Å². The van der Waals surface area contributed by atoms with E-state index < -0.39 is 5.41 Å². The summed E-state index contributed by atoms with van der Waals surface area (Å²) in [4.78, 5) is 7.34. The molecule has 10 aromatic rings. The van der Waals surface area contributed by atoms with Crippen LogP contribution in [0.1, 0.15) is 22.3 Å². The van der Waals surface area contributed by atoms with E-state index in [9.17, 15) is 0 Å². The third kappa shape index (κ3) is 4.28. The molecule has 1 atom stereocenters. The zero-order valence-electron chi connectivity index (χ0n) is 30.4. The van der Waals surface area contributed by atoms with Crippen LogP contribution in [0.2, 0.25) is 0 Å². The summed E-state index contributed by atoms with van der Waals surface area (Å²) in [5.41, 5.74) is 17.5. The number of hydrogen-bond donors (Lipinski definition) is 0. The number of rotatable bonds is 4. The molecule has 2 heteroatoms. The molecule has 2 heterocycles. The molecule has 0 N–H and O–H groups in total. The fraction of sp³-hybridized carbons (Fsp3) is 0.0185. The summed E-state index contributed by atoms with van der Waals surface area (Å²) in [6, 6.07) is 71.8. The Morgan fingerprint density at radius 2 is 0.893 bits per heavy atom. The number of fused-ring (bicyclic) bond motifs is 12. The lowest BCUT2D eigenvalue weighted by molar-refractivity contribution is 0.796. The summed E-state index contributed by atoms with van der Waals surface area (Å²) >= 11 is 1.87. The minimum absolute atomic E-state index is 0.441. The van der Waals surface area contributed by atoms with Gasteiger partial charge in [0, 0.05) is 11.1 Å². The highest BCUT2D eigenvalue weighted by Gasteiger charge is 2.53. The quantitative estimate of drug-likeness (QED) is 0.165. The van der Waals surface area contributed by atoms with Gasteiger partial charge in [0.25, 0.3) is 0 Å². The molecule has 0 fully saturated rings. The Hall–Kier alpha value is -6.87. The van der Waals surface area contributed by atoms with Gasteiger partial charge in [-0.1, -0.05) is 176 Å². The van der Waals surface area contributed by atoms with Gasteiger partial charge in [-0.2, -0.15) is 0 Å². The van der Waals surface area contributed by atoms with Gasteiger partial charge in [-0.3, -0.25) is 4.98 Å². The first-order valence-corrected chi connectivity index (χ1v) is 20.1. The van der Waals surface area contributed by atoms with Crippen molar-refractivity contribution in [3.8, 4) is 65.5 Å². The molecule has 56 heavy (non-hydrogen) atoms. The van der Waals surface area contributed by atoms with Crippen molar-refractivity contribution in [2.75, 3.05) is 0 Å². The van der Waals surface area contributed by atoms with E-state index in [2.05, 4.69) is 188 Å². The summed E-state index contributed by atoms with van der Waals surface area (Å²) in [6.07, 6.45) is 1.90. The minimum atomic E-state index is -0.441. The highest BCUT2D eigenvalue weighted by Crippen LogP contribution is 2.66. The highest BCUT2D eigenvalue weighted by molar-refractivity contribution is 7.19. The Morgan fingerprint density at radius 3 is 1.59 bits per heavy atom. The molecule has 1 spiro atoms. The van der Waals surface area contributed by atoms with Crippen molar-refractivity contribution in [3.05, 3.63) is 223 Å². The van der Waals surface area contributed by atoms with E-state index in [0.717, 1.165) is 5.69 Å². The highest BCUT2D eigenvalue weighted by atomic mass is 32.1. The lowest BCUT2D eigenvalue weighted by atomic mass is 9.70. The average Bonchev–Trinajstić information content (AvgIpc) is 3.93. The first kappa shape index (κ1) is 31.5. The van der Waals surface area contributed by atoms with Crippen LogP contribution in [0, 0.1) is 0 Å². The van der Waals surface area contributed by atoms with Crippen molar-refractivity contribution in [2.24, 2.45) is 0 Å². The van der Waals surface area contributed by atoms with Crippen LogP contribution in [-0.2, 0) is 5.41 Å². The molecular formula is C54H33NS. The standard InChI is InChI=1S/C54H33NS/c1-2-15-34(16-3-1)35-28-30-36(31-29-35)50-37-17-4-6-19-39(37)51(40-20-7-5-18-38(40)50)43-23-14-26-46-52(43)41-21-8-10-24-44(41)54(46)45-25-11-9-22-42(45)53-47(54)33-49(56-53)48-27-12-13-32-55-48/h1-33H. The van der Waals surface area contributed by atoms with E-state index in [-0.39, 0.29) is 0 Å². The average molecular weight is 728 g/mol. The van der Waals surface area contributed by atoms with Crippen molar-refractivity contribution in [3.63, 3.8) is 0 Å². The van der Waals surface area contributed by atoms with Crippen molar-refractivity contribution in [1.29, 1.82) is 0 Å². The van der Waals surface area contributed by atoms with Gasteiger partial charge in [0.05, 0.1) is 16.0 Å². The molecule has 8 aromatic carbocycles. The SMILES string of the molecule is c1ccc(-c2ccc(-c3c4ccccc4c(-c4cccc5c4-c4ccccc4C54c5ccccc5-c5sc(-c6ccccn6)cc54)c4ccccc34)cc2)cc1. The van der Waals surface area contributed by atoms with Crippen molar-refractivity contribution >= 4 is 32.9 Å². The third-order valence-electron chi connectivity index (χ3n) is 12.2. The van der Waals surface area contributed by atoms with Gasteiger partial charge in [0.1, 0.15) is 0 Å². The smallest absolute Gasteiger partial charge is 0.0801 e. The molecule has 0 amide bonds. The lowest BCUT2D eigenvalue weighted by Crippen LogP contribution is -2.25. The van der Waals surface area contributed by atoms with Crippen LogP contribution >= 0.6 is 11.3 Å². The Labute approximate surface area is 329 Å². The van der Waals surface area contributed by atoms with Gasteiger partial charge in [0.2, 0.25) is 0 Å². The minimum Gasteiger partial charge on any atom is -0.255 e. The molecule has 2 aromatic heterocycles. The predicted octanol–water partition coefficient (Wildman–Crippen LogP) is 14.5. The van der Waals surface area contributed by atoms with E-state index in [1.165, 1.54) is 104 Å². The van der Waals surface area contributed by atoms with Gasteiger partial charge in [-0.15, -0.1) is 11.3 Å². The molecule has 0 bridgehead atoms. The Kier molecular flexibility index (Phi) is 6.78. The van der Waals surface area contributed by atoms with Gasteiger partial charge in [-0.05, 0) is 112 Å². The van der Waals surface area contributed by atoms with Crippen LogP contribution in [-0.4, -0.2) is 4.98 Å². The fourth-order valence-electron chi connectivity index (χ4n) is 9.96. The van der Waals surface area contributed by atoms with Crippen molar-refractivity contribution in [2.45, 2.75) is 5.41 Å². The van der Waals surface area contributed by atoms with E-state index in [1.54, 1.807) is 0 Å². The first-order chi connectivity index (χ1) is 27.8. The molecule has 0 aliphatic heterocycles. The van der Waals surface area contributed by atoms with Gasteiger partial charge in [0.15, 0.2) is 0 Å². The number of hydrogen-bond acceptors (Lipinski definition) is 2. The molecule has 12 rings (SSSR count). The second-order valence-electron chi connectivity index (χ2n) is 14.9. The number of pyridine rings is 1. The third-order valence-corrected chi connectivity index (χ3v) is 13.4. The zero-order chi connectivity index (χ0) is 36.8. The van der Waals surface area contributed by atoms with Crippen molar-refractivity contribution < 1.29 is 0 Å². The van der Waals surface area contributed by atoms with Crippen LogP contribution in [0.4, 0.5) is 0 Å². The first-order valence-electron chi connectivity index (χ1n) is 19.3. The lowest BCUT2D eigenvalue weighted by Gasteiger charge is -2.30. The maximum atomic E-state index is 4.79. The van der Waals surface area contributed by atoms with E-state index in [1.807, 2.05) is 23.6 Å². The van der Waals surface area contributed by atoms with Gasteiger partial charge in [-0.25, -0.2) is 0 Å². The number of nitrogens with zero attached hydrogens (tertiary/aromatic N) is 1. The summed E-state index contributed by atoms with van der Waals surface area (Å²) in [7, 11) is 0. The maximum Gasteiger partial charge on any atom is 0.0801 e. The summed E-state index contributed by atoms with van der Waals surface area (Å²) in [5.74, 6) is 0. The maximum absolute atomic E-state index is 4.79. The molecule has 1 unspecified atom stereocenters. The van der Waals surface area contributed by atoms with Crippen LogP contribution in [0.3, 0.4) is 0 Å². The molecule has 2 aliphatic rings. The molecule has 1 nitrogen and oxygen atoms in total. The van der Waals surface area contributed by atoms with Crippen LogP contribution in [0.15, 0.2) is 200 Å². The van der Waals surface area contributed by atoms with E-state index >= 15 is 0 Å². The molecule has 0 radical (unpaired) electrons. The number of benzene rings is 8. The summed E-state index contributed by atoms with van der Waals surface area (Å²) in [5, 5.41) is 5.05. The summed E-state index contributed by atoms with van der Waals surface area (Å²) in [6.45, 7) is 0. The summed E-state index contributed by atoms with van der Waals surface area (Å²) < 4.78 is 0. The molecule has 260 valence electrons. The normalized spacial score (nSPS) is 14.9.